The highest BCUT2D eigenvalue weighted by Gasteiger charge is 2.27. The summed E-state index contributed by atoms with van der Waals surface area (Å²) in [6.45, 7) is 7.49. The first-order valence-corrected chi connectivity index (χ1v) is 19.0. The number of aliphatic hydroxyl groups excluding tert-OH is 1. The van der Waals surface area contributed by atoms with Crippen LogP contribution in [0.15, 0.2) is 12.2 Å². The van der Waals surface area contributed by atoms with E-state index in [2.05, 4.69) is 23.6 Å². The van der Waals surface area contributed by atoms with Crippen molar-refractivity contribution in [2.24, 2.45) is 0 Å². The van der Waals surface area contributed by atoms with E-state index in [1.165, 1.54) is 39.0 Å². The first kappa shape index (κ1) is 45.5. The van der Waals surface area contributed by atoms with Crippen molar-refractivity contribution >= 4 is 23.8 Å². The van der Waals surface area contributed by atoms with Crippen LogP contribution >= 0.6 is 0 Å². The molecule has 0 saturated carbocycles. The Kier molecular flexibility index (Phi) is 29.0. The van der Waals surface area contributed by atoms with Gasteiger partial charge in [0.15, 0.2) is 6.54 Å². The van der Waals surface area contributed by atoms with Gasteiger partial charge in [-0.1, -0.05) is 89.7 Å². The molecule has 0 spiro atoms. The van der Waals surface area contributed by atoms with Gasteiger partial charge in [-0.05, 0) is 51.4 Å². The van der Waals surface area contributed by atoms with E-state index < -0.39 is 12.2 Å². The third-order valence-electron chi connectivity index (χ3n) is 8.48. The Bertz CT molecular complexity index is 878. The van der Waals surface area contributed by atoms with Crippen molar-refractivity contribution in [1.29, 1.82) is 0 Å². The quantitative estimate of drug-likeness (QED) is 0.0318. The summed E-state index contributed by atoms with van der Waals surface area (Å²) in [6.07, 6.45) is 23.1. The number of rotatable bonds is 32. The van der Waals surface area contributed by atoms with Crippen LogP contribution in [0.1, 0.15) is 149 Å². The number of allylic oxidation sites excluding steroid dienone is 1. The molecule has 0 aromatic rings. The second kappa shape index (κ2) is 30.6. The van der Waals surface area contributed by atoms with Crippen LogP contribution in [-0.4, -0.2) is 92.4 Å². The number of nitrogens with one attached hydrogen (secondary N) is 2. The number of hydrogen-bond donors (Lipinski definition) is 3. The number of likely N-dealkylation sites (N-methyl/N-ethyl adjacent to an activating group) is 1. The van der Waals surface area contributed by atoms with Crippen molar-refractivity contribution in [2.75, 3.05) is 46.9 Å². The summed E-state index contributed by atoms with van der Waals surface area (Å²) in [7, 11) is 3.78. The zero-order valence-electron chi connectivity index (χ0n) is 31.3. The Balaban J connectivity index is 3.97. The summed E-state index contributed by atoms with van der Waals surface area (Å²) in [5, 5.41) is 16.7. The van der Waals surface area contributed by atoms with Gasteiger partial charge >= 0.3 is 11.9 Å². The van der Waals surface area contributed by atoms with Crippen molar-refractivity contribution < 1.29 is 38.2 Å². The lowest BCUT2D eigenvalue weighted by Crippen LogP contribution is -2.47. The second-order valence-corrected chi connectivity index (χ2v) is 13.9. The minimum Gasteiger partial charge on any atom is -0.460 e. The van der Waals surface area contributed by atoms with Gasteiger partial charge in [-0.15, -0.1) is 0 Å². The maximum Gasteiger partial charge on any atom is 0.362 e. The molecule has 0 fully saturated rings. The summed E-state index contributed by atoms with van der Waals surface area (Å²) in [5.41, 5.74) is 0. The van der Waals surface area contributed by atoms with Gasteiger partial charge < -0.3 is 29.7 Å². The molecule has 10 heteroatoms. The van der Waals surface area contributed by atoms with Crippen molar-refractivity contribution in [3.63, 3.8) is 0 Å². The topological polar surface area (TPSA) is 131 Å². The number of quaternary nitrogens is 1. The molecule has 0 rings (SSSR count). The summed E-state index contributed by atoms with van der Waals surface area (Å²) in [4.78, 5) is 46.7. The minimum atomic E-state index is -0.742. The molecule has 0 aromatic carbocycles. The number of ether oxygens (including phenoxy) is 2. The number of unbranched alkanes of at least 4 members (excludes halogenated alkanes) is 14. The van der Waals surface area contributed by atoms with Crippen LogP contribution in [0.25, 0.3) is 0 Å². The lowest BCUT2D eigenvalue weighted by atomic mass is 10.0. The number of amides is 2. The Morgan fingerprint density at radius 1 is 0.750 bits per heavy atom. The fourth-order valence-corrected chi connectivity index (χ4v) is 5.47. The Labute approximate surface area is 292 Å². The van der Waals surface area contributed by atoms with Crippen LogP contribution in [0.3, 0.4) is 0 Å². The predicted molar refractivity (Wildman–Crippen MR) is 193 cm³/mol. The van der Waals surface area contributed by atoms with Crippen molar-refractivity contribution in [1.82, 2.24) is 10.6 Å². The number of esters is 2. The lowest BCUT2D eigenvalue weighted by Gasteiger charge is -2.30. The number of nitrogens with zero attached hydrogens (tertiary/aromatic N) is 1. The highest BCUT2D eigenvalue weighted by atomic mass is 16.6. The van der Waals surface area contributed by atoms with Crippen LogP contribution < -0.4 is 10.6 Å². The first-order chi connectivity index (χ1) is 23.0. The average molecular weight is 683 g/mol. The van der Waals surface area contributed by atoms with E-state index in [0.717, 1.165) is 90.1 Å². The smallest absolute Gasteiger partial charge is 0.362 e. The molecule has 0 aliphatic carbocycles. The van der Waals surface area contributed by atoms with Crippen LogP contribution in [-0.2, 0) is 28.7 Å². The number of carbonyl (C=O) groups excluding carboxylic acids is 4. The molecule has 48 heavy (non-hydrogen) atoms. The van der Waals surface area contributed by atoms with Crippen LogP contribution in [0, 0.1) is 0 Å². The normalized spacial score (nSPS) is 12.9. The summed E-state index contributed by atoms with van der Waals surface area (Å²) in [6, 6.07) is 0. The van der Waals surface area contributed by atoms with Crippen molar-refractivity contribution in [3.05, 3.63) is 12.2 Å². The summed E-state index contributed by atoms with van der Waals surface area (Å²) >= 11 is 0. The first-order valence-electron chi connectivity index (χ1n) is 19.0. The fourth-order valence-electron chi connectivity index (χ4n) is 5.47. The minimum absolute atomic E-state index is 0.0482. The molecule has 2 unspecified atom stereocenters. The average Bonchev–Trinajstić information content (AvgIpc) is 3.01. The molecule has 3 N–H and O–H groups in total. The predicted octanol–water partition coefficient (Wildman–Crippen LogP) is 6.53. The van der Waals surface area contributed by atoms with Crippen LogP contribution in [0.5, 0.6) is 0 Å². The van der Waals surface area contributed by atoms with E-state index in [9.17, 15) is 24.3 Å². The fraction of sp³-hybridized carbons (Fsp3) is 0.842. The SMILES string of the molecule is CCCCCC(OC(=O)C[N+](C)(C)CCOC(C)=O)C(O)CC=CCCCCCCCC(=O)NCCCCCCCCCCNC(C)=O. The number of aliphatic hydroxyl groups is 1. The lowest BCUT2D eigenvalue weighted by molar-refractivity contribution is -0.883. The Morgan fingerprint density at radius 2 is 1.33 bits per heavy atom. The zero-order chi connectivity index (χ0) is 35.9. The van der Waals surface area contributed by atoms with E-state index in [1.54, 1.807) is 6.92 Å². The molecule has 280 valence electrons. The maximum atomic E-state index is 12.7. The molecule has 0 heterocycles. The molecule has 2 amide bonds. The standard InChI is InChI=1S/C38H71N3O7/c1-6-7-20-26-36(48-38(46)32-41(4,5)30-31-47-34(3)43)35(44)25-21-16-12-8-9-13-17-22-27-37(45)40-29-24-19-15-11-10-14-18-23-28-39-33(2)42/h16,21,35-36,44H,6-15,17-20,22-32H2,1-5H3,(H-,39,40,42,45)/p+1. The highest BCUT2D eigenvalue weighted by molar-refractivity contribution is 5.75. The van der Waals surface area contributed by atoms with Crippen LogP contribution in [0.2, 0.25) is 0 Å². The highest BCUT2D eigenvalue weighted by Crippen LogP contribution is 2.16. The van der Waals surface area contributed by atoms with Crippen molar-refractivity contribution in [2.45, 2.75) is 161 Å². The number of hydrogen-bond acceptors (Lipinski definition) is 7. The van der Waals surface area contributed by atoms with Crippen molar-refractivity contribution in [3.8, 4) is 0 Å². The Hall–Kier alpha value is -2.46. The zero-order valence-corrected chi connectivity index (χ0v) is 31.3. The van der Waals surface area contributed by atoms with Gasteiger partial charge in [0, 0.05) is 33.4 Å². The van der Waals surface area contributed by atoms with Gasteiger partial charge in [-0.25, -0.2) is 4.79 Å². The van der Waals surface area contributed by atoms with Gasteiger partial charge in [0.25, 0.3) is 0 Å². The van der Waals surface area contributed by atoms with E-state index in [-0.39, 0.29) is 36.9 Å². The van der Waals surface area contributed by atoms with Gasteiger partial charge in [-0.3, -0.25) is 14.4 Å². The monoisotopic (exact) mass is 683 g/mol. The number of carbonyl (C=O) groups is 4. The third-order valence-corrected chi connectivity index (χ3v) is 8.48. The molecular formula is C38H72N3O7+. The summed E-state index contributed by atoms with van der Waals surface area (Å²) < 4.78 is 11.1. The van der Waals surface area contributed by atoms with E-state index in [0.29, 0.717) is 30.3 Å². The van der Waals surface area contributed by atoms with Gasteiger partial charge in [0.1, 0.15) is 19.3 Å². The molecule has 0 saturated heterocycles. The molecule has 0 aliphatic heterocycles. The maximum absolute atomic E-state index is 12.7. The molecule has 0 aromatic heterocycles. The molecular weight excluding hydrogens is 610 g/mol. The molecule has 0 radical (unpaired) electrons. The summed E-state index contributed by atoms with van der Waals surface area (Å²) in [5.74, 6) is -0.478. The molecule has 0 aliphatic rings. The molecule has 2 atom stereocenters. The van der Waals surface area contributed by atoms with E-state index in [1.807, 2.05) is 20.2 Å². The molecule has 10 nitrogen and oxygen atoms in total. The van der Waals surface area contributed by atoms with Crippen LogP contribution in [0.4, 0.5) is 0 Å². The van der Waals surface area contributed by atoms with E-state index >= 15 is 0 Å². The van der Waals surface area contributed by atoms with Gasteiger partial charge in [0.05, 0.1) is 20.2 Å². The van der Waals surface area contributed by atoms with Gasteiger partial charge in [0.2, 0.25) is 11.8 Å². The Morgan fingerprint density at radius 3 is 1.94 bits per heavy atom. The second-order valence-electron chi connectivity index (χ2n) is 13.9. The third kappa shape index (κ3) is 30.8. The van der Waals surface area contributed by atoms with Gasteiger partial charge in [-0.2, -0.15) is 0 Å². The largest absolute Gasteiger partial charge is 0.460 e. The van der Waals surface area contributed by atoms with E-state index in [4.69, 9.17) is 9.47 Å². The molecule has 0 bridgehead atoms.